The van der Waals surface area contributed by atoms with Gasteiger partial charge in [0, 0.05) is 5.56 Å². The SMILES string of the molecule is CC(=O)c1cccc(N2C(=O)[C@@H]3[C@@H]4CC[C@@H](C4)[C@@H]3C2=O)c1. The lowest BCUT2D eigenvalue weighted by molar-refractivity contribution is -0.123. The van der Waals surface area contributed by atoms with Gasteiger partial charge in [-0.15, -0.1) is 0 Å². The summed E-state index contributed by atoms with van der Waals surface area (Å²) in [5, 5.41) is 0. The Labute approximate surface area is 123 Å². The van der Waals surface area contributed by atoms with Gasteiger partial charge in [-0.25, -0.2) is 0 Å². The molecule has 3 fully saturated rings. The average Bonchev–Trinajstić information content (AvgIpc) is 3.13. The molecule has 1 aromatic carbocycles. The fourth-order valence-corrected chi connectivity index (χ4v) is 4.53. The summed E-state index contributed by atoms with van der Waals surface area (Å²) in [7, 11) is 0. The molecular weight excluding hydrogens is 266 g/mol. The molecule has 1 aromatic rings. The molecule has 0 radical (unpaired) electrons. The molecular formula is C17H17NO3. The van der Waals surface area contributed by atoms with Crippen LogP contribution in [0.2, 0.25) is 0 Å². The predicted octanol–water partition coefficient (Wildman–Crippen LogP) is 2.42. The van der Waals surface area contributed by atoms with Gasteiger partial charge >= 0.3 is 0 Å². The number of Topliss-reactive ketones (excluding diaryl/α,β-unsaturated/α-hetero) is 1. The van der Waals surface area contributed by atoms with Crippen LogP contribution in [0.5, 0.6) is 0 Å². The smallest absolute Gasteiger partial charge is 0.237 e. The van der Waals surface area contributed by atoms with Crippen molar-refractivity contribution in [2.24, 2.45) is 23.7 Å². The summed E-state index contributed by atoms with van der Waals surface area (Å²) in [6.45, 7) is 1.49. The van der Waals surface area contributed by atoms with E-state index in [-0.39, 0.29) is 29.4 Å². The number of anilines is 1. The van der Waals surface area contributed by atoms with E-state index < -0.39 is 0 Å². The van der Waals surface area contributed by atoms with Crippen molar-refractivity contribution in [1.82, 2.24) is 0 Å². The highest BCUT2D eigenvalue weighted by molar-refractivity contribution is 6.22. The van der Waals surface area contributed by atoms with E-state index in [1.54, 1.807) is 24.3 Å². The molecule has 3 aliphatic rings. The van der Waals surface area contributed by atoms with Gasteiger partial charge < -0.3 is 0 Å². The van der Waals surface area contributed by atoms with Gasteiger partial charge in [0.1, 0.15) is 0 Å². The Bertz CT molecular complexity index is 638. The minimum Gasteiger partial charge on any atom is -0.295 e. The van der Waals surface area contributed by atoms with Crippen molar-refractivity contribution in [2.45, 2.75) is 26.2 Å². The topological polar surface area (TPSA) is 54.5 Å². The number of fused-ring (bicyclic) bond motifs is 5. The fourth-order valence-electron chi connectivity index (χ4n) is 4.53. The highest BCUT2D eigenvalue weighted by atomic mass is 16.2. The Morgan fingerprint density at radius 3 is 2.29 bits per heavy atom. The molecule has 2 aliphatic carbocycles. The normalized spacial score (nSPS) is 33.7. The van der Waals surface area contributed by atoms with Crippen molar-refractivity contribution in [1.29, 1.82) is 0 Å². The predicted molar refractivity (Wildman–Crippen MR) is 76.8 cm³/mol. The third kappa shape index (κ3) is 1.65. The van der Waals surface area contributed by atoms with Crippen LogP contribution < -0.4 is 4.90 Å². The van der Waals surface area contributed by atoms with Crippen LogP contribution in [0.1, 0.15) is 36.5 Å². The number of nitrogens with zero attached hydrogens (tertiary/aromatic N) is 1. The molecule has 4 rings (SSSR count). The van der Waals surface area contributed by atoms with Crippen LogP contribution in [0, 0.1) is 23.7 Å². The van der Waals surface area contributed by atoms with Gasteiger partial charge in [0.2, 0.25) is 11.8 Å². The van der Waals surface area contributed by atoms with Crippen LogP contribution >= 0.6 is 0 Å². The molecule has 1 saturated heterocycles. The van der Waals surface area contributed by atoms with E-state index in [9.17, 15) is 14.4 Å². The number of hydrogen-bond donors (Lipinski definition) is 0. The van der Waals surface area contributed by atoms with Crippen LogP contribution in [0.15, 0.2) is 24.3 Å². The Morgan fingerprint density at radius 1 is 1.10 bits per heavy atom. The lowest BCUT2D eigenvalue weighted by Crippen LogP contribution is -2.32. The zero-order valence-corrected chi connectivity index (χ0v) is 11.9. The number of hydrogen-bond acceptors (Lipinski definition) is 3. The number of carbonyl (C=O) groups is 3. The van der Waals surface area contributed by atoms with E-state index in [1.807, 2.05) is 0 Å². The Hall–Kier alpha value is -1.97. The van der Waals surface area contributed by atoms with Crippen LogP contribution in [0.25, 0.3) is 0 Å². The molecule has 0 N–H and O–H groups in total. The van der Waals surface area contributed by atoms with Crippen molar-refractivity contribution in [2.75, 3.05) is 4.90 Å². The molecule has 1 aliphatic heterocycles. The number of benzene rings is 1. The molecule has 0 unspecified atom stereocenters. The molecule has 0 spiro atoms. The summed E-state index contributed by atoms with van der Waals surface area (Å²) >= 11 is 0. The first-order valence-electron chi connectivity index (χ1n) is 7.56. The van der Waals surface area contributed by atoms with Gasteiger partial charge in [-0.3, -0.25) is 19.3 Å². The quantitative estimate of drug-likeness (QED) is 0.618. The van der Waals surface area contributed by atoms with Gasteiger partial charge in [0.25, 0.3) is 0 Å². The lowest BCUT2D eigenvalue weighted by Gasteiger charge is -2.19. The van der Waals surface area contributed by atoms with E-state index in [2.05, 4.69) is 0 Å². The second kappa shape index (κ2) is 4.26. The van der Waals surface area contributed by atoms with Gasteiger partial charge in [-0.1, -0.05) is 12.1 Å². The molecule has 4 heteroatoms. The summed E-state index contributed by atoms with van der Waals surface area (Å²) in [6, 6.07) is 6.84. The molecule has 2 bridgehead atoms. The first-order chi connectivity index (χ1) is 10.1. The van der Waals surface area contributed by atoms with E-state index in [1.165, 1.54) is 11.8 Å². The molecule has 21 heavy (non-hydrogen) atoms. The maximum Gasteiger partial charge on any atom is 0.237 e. The van der Waals surface area contributed by atoms with Crippen molar-refractivity contribution in [3.05, 3.63) is 29.8 Å². The maximum atomic E-state index is 12.7. The largest absolute Gasteiger partial charge is 0.295 e. The molecule has 108 valence electrons. The van der Waals surface area contributed by atoms with Crippen molar-refractivity contribution in [3.63, 3.8) is 0 Å². The van der Waals surface area contributed by atoms with Crippen LogP contribution in [-0.2, 0) is 9.59 Å². The van der Waals surface area contributed by atoms with Gasteiger partial charge in [-0.05, 0) is 50.2 Å². The van der Waals surface area contributed by atoms with Gasteiger partial charge in [0.15, 0.2) is 5.78 Å². The zero-order valence-electron chi connectivity index (χ0n) is 11.9. The van der Waals surface area contributed by atoms with Gasteiger partial charge in [0.05, 0.1) is 17.5 Å². The van der Waals surface area contributed by atoms with Crippen molar-refractivity contribution in [3.8, 4) is 0 Å². The van der Waals surface area contributed by atoms with E-state index >= 15 is 0 Å². The Morgan fingerprint density at radius 2 is 1.71 bits per heavy atom. The Kier molecular flexibility index (Phi) is 2.59. The number of rotatable bonds is 2. The first kappa shape index (κ1) is 12.7. The first-order valence-corrected chi connectivity index (χ1v) is 7.56. The molecule has 2 amide bonds. The molecule has 1 heterocycles. The Balaban J connectivity index is 1.73. The fraction of sp³-hybridized carbons (Fsp3) is 0.471. The average molecular weight is 283 g/mol. The van der Waals surface area contributed by atoms with Crippen LogP contribution in [-0.4, -0.2) is 17.6 Å². The van der Waals surface area contributed by atoms with Gasteiger partial charge in [-0.2, -0.15) is 0 Å². The highest BCUT2D eigenvalue weighted by Gasteiger charge is 2.61. The number of amides is 2. The third-order valence-electron chi connectivity index (χ3n) is 5.44. The lowest BCUT2D eigenvalue weighted by atomic mass is 9.81. The maximum absolute atomic E-state index is 12.7. The van der Waals surface area contributed by atoms with Crippen LogP contribution in [0.4, 0.5) is 5.69 Å². The number of carbonyl (C=O) groups excluding carboxylic acids is 3. The monoisotopic (exact) mass is 283 g/mol. The zero-order chi connectivity index (χ0) is 14.7. The summed E-state index contributed by atoms with van der Waals surface area (Å²) < 4.78 is 0. The second-order valence-corrected chi connectivity index (χ2v) is 6.50. The summed E-state index contributed by atoms with van der Waals surface area (Å²) in [4.78, 5) is 38.2. The molecule has 0 aromatic heterocycles. The number of ketones is 1. The highest BCUT2D eigenvalue weighted by Crippen LogP contribution is 2.56. The number of imide groups is 1. The molecule has 4 atom stereocenters. The summed E-state index contributed by atoms with van der Waals surface area (Å²) in [5.74, 6) is 0.372. The van der Waals surface area contributed by atoms with Crippen molar-refractivity contribution < 1.29 is 14.4 Å². The van der Waals surface area contributed by atoms with Crippen LogP contribution in [0.3, 0.4) is 0 Å². The molecule has 4 nitrogen and oxygen atoms in total. The molecule has 2 saturated carbocycles. The van der Waals surface area contributed by atoms with E-state index in [4.69, 9.17) is 0 Å². The minimum absolute atomic E-state index is 0.0575. The standard InChI is InChI=1S/C17H17NO3/c1-9(19)10-3-2-4-13(8-10)18-16(20)14-11-5-6-12(7-11)15(14)17(18)21/h2-4,8,11-12,14-15H,5-7H2,1H3/t11-,12+,14-,15+. The van der Waals surface area contributed by atoms with Crippen molar-refractivity contribution >= 4 is 23.3 Å². The third-order valence-corrected chi connectivity index (χ3v) is 5.44. The van der Waals surface area contributed by atoms with E-state index in [0.29, 0.717) is 23.1 Å². The second-order valence-electron chi connectivity index (χ2n) is 6.50. The summed E-state index contributed by atoms with van der Waals surface area (Å²) in [5.41, 5.74) is 1.08. The summed E-state index contributed by atoms with van der Waals surface area (Å²) in [6.07, 6.45) is 3.19. The minimum atomic E-state index is -0.114. The van der Waals surface area contributed by atoms with E-state index in [0.717, 1.165) is 19.3 Å².